The highest BCUT2D eigenvalue weighted by atomic mass is 16.3. The van der Waals surface area contributed by atoms with Crippen molar-refractivity contribution in [2.75, 3.05) is 0 Å². The van der Waals surface area contributed by atoms with Gasteiger partial charge in [0.25, 0.3) is 0 Å². The Morgan fingerprint density at radius 2 is 2.12 bits per heavy atom. The quantitative estimate of drug-likeness (QED) is 0.621. The SMILES string of the molecule is Cc1nc(C)n2nc(-c3ccco3)cc2n1. The summed E-state index contributed by atoms with van der Waals surface area (Å²) in [6, 6.07) is 5.60. The standard InChI is InChI=1S/C11H10N4O/c1-7-12-8(2)15-11(13-7)6-9(14-15)10-4-3-5-16-10/h3-6H,1-2H3. The summed E-state index contributed by atoms with van der Waals surface area (Å²) in [5.74, 6) is 2.30. The zero-order chi connectivity index (χ0) is 11.1. The van der Waals surface area contributed by atoms with Crippen molar-refractivity contribution in [1.82, 2.24) is 19.6 Å². The molecule has 0 aliphatic heterocycles. The lowest BCUT2D eigenvalue weighted by Gasteiger charge is -1.97. The van der Waals surface area contributed by atoms with Crippen molar-refractivity contribution in [3.8, 4) is 11.5 Å². The molecule has 3 rings (SSSR count). The number of nitrogens with zero attached hydrogens (tertiary/aromatic N) is 4. The van der Waals surface area contributed by atoms with Gasteiger partial charge in [-0.3, -0.25) is 0 Å². The molecule has 0 atom stereocenters. The van der Waals surface area contributed by atoms with Gasteiger partial charge in [0.15, 0.2) is 11.4 Å². The maximum Gasteiger partial charge on any atom is 0.159 e. The monoisotopic (exact) mass is 214 g/mol. The molecule has 0 unspecified atom stereocenters. The Morgan fingerprint density at radius 1 is 1.25 bits per heavy atom. The van der Waals surface area contributed by atoms with Crippen LogP contribution in [0.5, 0.6) is 0 Å². The van der Waals surface area contributed by atoms with Crippen molar-refractivity contribution >= 4 is 5.65 Å². The van der Waals surface area contributed by atoms with E-state index in [2.05, 4.69) is 15.1 Å². The predicted octanol–water partition coefficient (Wildman–Crippen LogP) is 2.00. The van der Waals surface area contributed by atoms with Crippen LogP contribution in [-0.2, 0) is 0 Å². The Labute approximate surface area is 91.8 Å². The first-order chi connectivity index (χ1) is 7.74. The third-order valence-corrected chi connectivity index (χ3v) is 2.37. The molecular formula is C11H10N4O. The molecule has 3 aromatic heterocycles. The Morgan fingerprint density at radius 3 is 2.88 bits per heavy atom. The normalized spacial score (nSPS) is 11.1. The van der Waals surface area contributed by atoms with Crippen LogP contribution in [0.3, 0.4) is 0 Å². The number of rotatable bonds is 1. The molecule has 0 radical (unpaired) electrons. The molecule has 0 aromatic carbocycles. The molecule has 80 valence electrons. The van der Waals surface area contributed by atoms with E-state index in [4.69, 9.17) is 4.42 Å². The lowest BCUT2D eigenvalue weighted by molar-refractivity contribution is 0.579. The summed E-state index contributed by atoms with van der Waals surface area (Å²) < 4.78 is 7.01. The summed E-state index contributed by atoms with van der Waals surface area (Å²) in [5.41, 5.74) is 1.56. The fourth-order valence-electron chi connectivity index (χ4n) is 1.71. The van der Waals surface area contributed by atoms with Gasteiger partial charge in [-0.25, -0.2) is 14.5 Å². The maximum atomic E-state index is 5.30. The largest absolute Gasteiger partial charge is 0.463 e. The van der Waals surface area contributed by atoms with E-state index in [0.717, 1.165) is 28.8 Å². The first-order valence-corrected chi connectivity index (χ1v) is 4.99. The maximum absolute atomic E-state index is 5.30. The van der Waals surface area contributed by atoms with E-state index in [9.17, 15) is 0 Å². The van der Waals surface area contributed by atoms with Gasteiger partial charge in [0, 0.05) is 6.07 Å². The first-order valence-electron chi connectivity index (χ1n) is 4.99. The minimum Gasteiger partial charge on any atom is -0.463 e. The number of hydrogen-bond donors (Lipinski definition) is 0. The Kier molecular flexibility index (Phi) is 1.80. The van der Waals surface area contributed by atoms with E-state index in [1.165, 1.54) is 0 Å². The molecule has 3 aromatic rings. The van der Waals surface area contributed by atoms with E-state index in [1.54, 1.807) is 10.8 Å². The molecule has 5 heteroatoms. The molecule has 3 heterocycles. The molecule has 0 aliphatic carbocycles. The summed E-state index contributed by atoms with van der Waals surface area (Å²) in [4.78, 5) is 8.57. The van der Waals surface area contributed by atoms with Crippen molar-refractivity contribution in [1.29, 1.82) is 0 Å². The number of fused-ring (bicyclic) bond motifs is 1. The van der Waals surface area contributed by atoms with Crippen molar-refractivity contribution < 1.29 is 4.42 Å². The molecule has 16 heavy (non-hydrogen) atoms. The zero-order valence-corrected chi connectivity index (χ0v) is 9.01. The number of aryl methyl sites for hydroxylation is 2. The van der Waals surface area contributed by atoms with Gasteiger partial charge < -0.3 is 4.42 Å². The summed E-state index contributed by atoms with van der Waals surface area (Å²) >= 11 is 0. The average Bonchev–Trinajstić information content (AvgIpc) is 2.82. The van der Waals surface area contributed by atoms with E-state index >= 15 is 0 Å². The second-order valence-electron chi connectivity index (χ2n) is 3.59. The summed E-state index contributed by atoms with van der Waals surface area (Å²) in [6.45, 7) is 3.77. The van der Waals surface area contributed by atoms with Gasteiger partial charge >= 0.3 is 0 Å². The lowest BCUT2D eigenvalue weighted by atomic mass is 10.3. The molecule has 5 nitrogen and oxygen atoms in total. The number of furan rings is 1. The van der Waals surface area contributed by atoms with Gasteiger partial charge in [-0.05, 0) is 26.0 Å². The Hall–Kier alpha value is -2.17. The summed E-state index contributed by atoms with van der Waals surface area (Å²) in [6.07, 6.45) is 1.63. The van der Waals surface area contributed by atoms with Crippen LogP contribution < -0.4 is 0 Å². The van der Waals surface area contributed by atoms with Crippen LogP contribution in [0.25, 0.3) is 17.1 Å². The molecule has 0 N–H and O–H groups in total. The molecule has 0 saturated heterocycles. The van der Waals surface area contributed by atoms with E-state index in [-0.39, 0.29) is 0 Å². The highest BCUT2D eigenvalue weighted by Gasteiger charge is 2.09. The second kappa shape index (κ2) is 3.16. The van der Waals surface area contributed by atoms with Crippen LogP contribution in [0.4, 0.5) is 0 Å². The predicted molar refractivity (Wildman–Crippen MR) is 58.0 cm³/mol. The highest BCUT2D eigenvalue weighted by Crippen LogP contribution is 2.19. The third kappa shape index (κ3) is 1.29. The molecule has 0 spiro atoms. The average molecular weight is 214 g/mol. The van der Waals surface area contributed by atoms with E-state index < -0.39 is 0 Å². The van der Waals surface area contributed by atoms with Crippen molar-refractivity contribution in [2.45, 2.75) is 13.8 Å². The van der Waals surface area contributed by atoms with Crippen molar-refractivity contribution in [3.05, 3.63) is 36.1 Å². The first kappa shape index (κ1) is 9.08. The lowest BCUT2D eigenvalue weighted by Crippen LogP contribution is -2.01. The molecular weight excluding hydrogens is 204 g/mol. The van der Waals surface area contributed by atoms with Gasteiger partial charge in [-0.15, -0.1) is 0 Å². The number of hydrogen-bond acceptors (Lipinski definition) is 4. The molecule has 0 bridgehead atoms. The topological polar surface area (TPSA) is 56.2 Å². The van der Waals surface area contributed by atoms with Crippen molar-refractivity contribution in [2.24, 2.45) is 0 Å². The smallest absolute Gasteiger partial charge is 0.159 e. The third-order valence-electron chi connectivity index (χ3n) is 2.37. The highest BCUT2D eigenvalue weighted by molar-refractivity contribution is 5.58. The van der Waals surface area contributed by atoms with Crippen LogP contribution in [-0.4, -0.2) is 19.6 Å². The van der Waals surface area contributed by atoms with E-state index in [1.807, 2.05) is 32.0 Å². The number of aromatic nitrogens is 4. The van der Waals surface area contributed by atoms with Gasteiger partial charge in [0.1, 0.15) is 17.3 Å². The fraction of sp³-hybridized carbons (Fsp3) is 0.182. The molecule has 0 amide bonds. The molecule has 0 aliphatic rings. The van der Waals surface area contributed by atoms with Crippen LogP contribution >= 0.6 is 0 Å². The zero-order valence-electron chi connectivity index (χ0n) is 9.01. The van der Waals surface area contributed by atoms with Gasteiger partial charge in [-0.1, -0.05) is 0 Å². The molecule has 0 saturated carbocycles. The Balaban J connectivity index is 2.27. The van der Waals surface area contributed by atoms with E-state index in [0.29, 0.717) is 0 Å². The fourth-order valence-corrected chi connectivity index (χ4v) is 1.71. The summed E-state index contributed by atoms with van der Waals surface area (Å²) in [5, 5.41) is 4.39. The minimum atomic E-state index is 0.738. The second-order valence-corrected chi connectivity index (χ2v) is 3.59. The van der Waals surface area contributed by atoms with Crippen LogP contribution in [0.2, 0.25) is 0 Å². The Bertz CT molecular complexity index is 639. The summed E-state index contributed by atoms with van der Waals surface area (Å²) in [7, 11) is 0. The van der Waals surface area contributed by atoms with Crippen LogP contribution in [0, 0.1) is 13.8 Å². The minimum absolute atomic E-state index is 0.738. The van der Waals surface area contributed by atoms with Gasteiger partial charge in [0.2, 0.25) is 0 Å². The van der Waals surface area contributed by atoms with Crippen LogP contribution in [0.15, 0.2) is 28.9 Å². The van der Waals surface area contributed by atoms with Gasteiger partial charge in [-0.2, -0.15) is 5.10 Å². The van der Waals surface area contributed by atoms with Crippen molar-refractivity contribution in [3.63, 3.8) is 0 Å². The molecule has 0 fully saturated rings. The van der Waals surface area contributed by atoms with Crippen LogP contribution in [0.1, 0.15) is 11.6 Å². The van der Waals surface area contributed by atoms with Gasteiger partial charge in [0.05, 0.1) is 6.26 Å².